The number of rotatable bonds is 9. The van der Waals surface area contributed by atoms with Gasteiger partial charge in [-0.3, -0.25) is 4.79 Å². The average Bonchev–Trinajstić information content (AvgIpc) is 2.81. The number of carbonyl (C=O) groups is 1. The molecule has 1 heterocycles. The number of hydrogen-bond acceptors (Lipinski definition) is 4. The van der Waals surface area contributed by atoms with Crippen LogP contribution < -0.4 is 10.2 Å². The molecule has 6 nitrogen and oxygen atoms in total. The van der Waals surface area contributed by atoms with E-state index in [1.54, 1.807) is 18.2 Å². The molecule has 1 N–H and O–H groups in total. The fraction of sp³-hybridized carbons (Fsp3) is 0.458. The van der Waals surface area contributed by atoms with Crippen molar-refractivity contribution in [3.63, 3.8) is 0 Å². The number of sulfonamides is 1. The average molecular weight is 513 g/mol. The van der Waals surface area contributed by atoms with E-state index in [0.717, 1.165) is 18.7 Å². The Morgan fingerprint density at radius 3 is 2.27 bits per heavy atom. The zero-order valence-corrected chi connectivity index (χ0v) is 21.4. The number of anilines is 1. The van der Waals surface area contributed by atoms with Crippen molar-refractivity contribution < 1.29 is 13.2 Å². The Balaban J connectivity index is 1.49. The monoisotopic (exact) mass is 511 g/mol. The number of benzene rings is 2. The van der Waals surface area contributed by atoms with Crippen LogP contribution in [0.4, 0.5) is 5.69 Å². The van der Waals surface area contributed by atoms with Gasteiger partial charge in [-0.25, -0.2) is 12.7 Å². The van der Waals surface area contributed by atoms with Crippen molar-refractivity contribution >= 4 is 44.8 Å². The van der Waals surface area contributed by atoms with E-state index < -0.39 is 10.0 Å². The summed E-state index contributed by atoms with van der Waals surface area (Å²) in [5, 5.41) is 3.80. The molecule has 0 saturated carbocycles. The molecule has 9 heteroatoms. The molecule has 2 aromatic carbocycles. The number of carbonyl (C=O) groups excluding carboxylic acids is 1. The Kier molecular flexibility index (Phi) is 9.04. The van der Waals surface area contributed by atoms with Gasteiger partial charge >= 0.3 is 0 Å². The molecule has 1 saturated heterocycles. The SMILES string of the molecule is CCN(CC)c1ccc(CNC(=O)C2CCN(S(=O)(=O)Cc3ccc(Cl)cc3Cl)CC2)cc1. The summed E-state index contributed by atoms with van der Waals surface area (Å²) < 4.78 is 27.1. The van der Waals surface area contributed by atoms with Gasteiger partial charge < -0.3 is 10.2 Å². The summed E-state index contributed by atoms with van der Waals surface area (Å²) in [5.41, 5.74) is 2.73. The molecule has 0 radical (unpaired) electrons. The minimum absolute atomic E-state index is 0.0272. The van der Waals surface area contributed by atoms with Crippen molar-refractivity contribution in [1.82, 2.24) is 9.62 Å². The summed E-state index contributed by atoms with van der Waals surface area (Å²) >= 11 is 12.0. The van der Waals surface area contributed by atoms with Crippen LogP contribution in [0.5, 0.6) is 0 Å². The van der Waals surface area contributed by atoms with E-state index >= 15 is 0 Å². The van der Waals surface area contributed by atoms with Crippen molar-refractivity contribution in [2.45, 2.75) is 39.0 Å². The van der Waals surface area contributed by atoms with Crippen molar-refractivity contribution in [3.8, 4) is 0 Å². The molecule has 2 aromatic rings. The maximum Gasteiger partial charge on any atom is 0.223 e. The number of hydrogen-bond donors (Lipinski definition) is 1. The lowest BCUT2D eigenvalue weighted by atomic mass is 9.97. The molecule has 0 aliphatic carbocycles. The maximum absolute atomic E-state index is 12.8. The minimum Gasteiger partial charge on any atom is -0.372 e. The van der Waals surface area contributed by atoms with E-state index in [1.807, 2.05) is 12.1 Å². The minimum atomic E-state index is -3.52. The molecule has 0 bridgehead atoms. The second kappa shape index (κ2) is 11.6. The highest BCUT2D eigenvalue weighted by molar-refractivity contribution is 7.88. The van der Waals surface area contributed by atoms with E-state index in [-0.39, 0.29) is 17.6 Å². The van der Waals surface area contributed by atoms with Crippen LogP contribution in [0.25, 0.3) is 0 Å². The zero-order valence-electron chi connectivity index (χ0n) is 19.1. The van der Waals surface area contributed by atoms with Gasteiger partial charge in [-0.1, -0.05) is 41.4 Å². The summed E-state index contributed by atoms with van der Waals surface area (Å²) in [7, 11) is -3.52. The smallest absolute Gasteiger partial charge is 0.223 e. The number of amides is 1. The third-order valence-electron chi connectivity index (χ3n) is 6.10. The summed E-state index contributed by atoms with van der Waals surface area (Å²) in [6.45, 7) is 7.27. The normalized spacial score (nSPS) is 15.4. The van der Waals surface area contributed by atoms with Crippen LogP contribution in [0, 0.1) is 5.92 Å². The van der Waals surface area contributed by atoms with Crippen molar-refractivity contribution in [2.75, 3.05) is 31.1 Å². The fourth-order valence-corrected chi connectivity index (χ4v) is 6.22. The molecule has 1 amide bonds. The van der Waals surface area contributed by atoms with Gasteiger partial charge in [0.15, 0.2) is 0 Å². The molecule has 1 aliphatic heterocycles. The van der Waals surface area contributed by atoms with Gasteiger partial charge in [0, 0.05) is 54.4 Å². The van der Waals surface area contributed by atoms with Crippen molar-refractivity contribution in [3.05, 3.63) is 63.6 Å². The van der Waals surface area contributed by atoms with Crippen molar-refractivity contribution in [1.29, 1.82) is 0 Å². The largest absolute Gasteiger partial charge is 0.372 e. The first-order valence-corrected chi connectivity index (χ1v) is 13.6. The Labute approximate surface area is 206 Å². The Hall–Kier alpha value is -1.80. The van der Waals surface area contributed by atoms with E-state index in [1.165, 1.54) is 9.99 Å². The third kappa shape index (κ3) is 6.85. The number of piperidine rings is 1. The molecule has 1 fully saturated rings. The van der Waals surface area contributed by atoms with E-state index in [0.29, 0.717) is 48.1 Å². The van der Waals surface area contributed by atoms with Crippen molar-refractivity contribution in [2.24, 2.45) is 5.92 Å². The molecule has 0 atom stereocenters. The molecule has 3 rings (SSSR count). The Morgan fingerprint density at radius 1 is 1.06 bits per heavy atom. The van der Waals surface area contributed by atoms with Crippen LogP contribution in [-0.2, 0) is 27.1 Å². The first-order valence-electron chi connectivity index (χ1n) is 11.3. The van der Waals surface area contributed by atoms with Crippen LogP contribution in [0.2, 0.25) is 10.0 Å². The van der Waals surface area contributed by atoms with Gasteiger partial charge in [-0.15, -0.1) is 0 Å². The highest BCUT2D eigenvalue weighted by atomic mass is 35.5. The molecule has 0 spiro atoms. The van der Waals surface area contributed by atoms with Gasteiger partial charge in [0.25, 0.3) is 0 Å². The maximum atomic E-state index is 12.8. The van der Waals surface area contributed by atoms with Gasteiger partial charge in [0.2, 0.25) is 15.9 Å². The molecule has 0 aromatic heterocycles. The van der Waals surface area contributed by atoms with Gasteiger partial charge in [0.05, 0.1) is 5.75 Å². The van der Waals surface area contributed by atoms with Gasteiger partial charge in [-0.05, 0) is 62.1 Å². The lowest BCUT2D eigenvalue weighted by Gasteiger charge is -2.30. The summed E-state index contributed by atoms with van der Waals surface area (Å²) in [6, 6.07) is 13.0. The second-order valence-electron chi connectivity index (χ2n) is 8.22. The van der Waals surface area contributed by atoms with Crippen LogP contribution in [0.3, 0.4) is 0 Å². The predicted molar refractivity (Wildman–Crippen MR) is 135 cm³/mol. The quantitative estimate of drug-likeness (QED) is 0.529. The standard InChI is InChI=1S/C24H31Cl2N3O3S/c1-3-28(4-2)22-9-5-18(6-10-22)16-27-24(30)19-11-13-29(14-12-19)33(31,32)17-20-7-8-21(25)15-23(20)26/h5-10,15,19H,3-4,11-14,16-17H2,1-2H3,(H,27,30). The highest BCUT2D eigenvalue weighted by Crippen LogP contribution is 2.26. The molecule has 1 aliphatic rings. The third-order valence-corrected chi connectivity index (χ3v) is 8.52. The molecule has 0 unspecified atom stereocenters. The highest BCUT2D eigenvalue weighted by Gasteiger charge is 2.31. The Bertz CT molecular complexity index is 1050. The van der Waals surface area contributed by atoms with E-state index in [4.69, 9.17) is 23.2 Å². The topological polar surface area (TPSA) is 69.7 Å². The van der Waals surface area contributed by atoms with Crippen LogP contribution in [-0.4, -0.2) is 44.8 Å². The second-order valence-corrected chi connectivity index (χ2v) is 11.0. The number of nitrogens with zero attached hydrogens (tertiary/aromatic N) is 2. The van der Waals surface area contributed by atoms with Crippen LogP contribution in [0.1, 0.15) is 37.8 Å². The Morgan fingerprint density at radius 2 is 1.70 bits per heavy atom. The lowest BCUT2D eigenvalue weighted by Crippen LogP contribution is -2.43. The zero-order chi connectivity index (χ0) is 24.0. The lowest BCUT2D eigenvalue weighted by molar-refractivity contribution is -0.126. The number of halogens is 2. The van der Waals surface area contributed by atoms with Crippen LogP contribution >= 0.6 is 23.2 Å². The first kappa shape index (κ1) is 25.8. The van der Waals surface area contributed by atoms with Gasteiger partial charge in [-0.2, -0.15) is 0 Å². The molecular weight excluding hydrogens is 481 g/mol. The van der Waals surface area contributed by atoms with Crippen LogP contribution in [0.15, 0.2) is 42.5 Å². The van der Waals surface area contributed by atoms with E-state index in [9.17, 15) is 13.2 Å². The summed E-state index contributed by atoms with van der Waals surface area (Å²) in [5.74, 6) is -0.394. The molecule has 33 heavy (non-hydrogen) atoms. The fourth-order valence-electron chi connectivity index (χ4n) is 4.07. The van der Waals surface area contributed by atoms with E-state index in [2.05, 4.69) is 36.2 Å². The predicted octanol–water partition coefficient (Wildman–Crippen LogP) is 4.70. The number of nitrogens with one attached hydrogen (secondary N) is 1. The first-order chi connectivity index (χ1) is 15.7. The van der Waals surface area contributed by atoms with Gasteiger partial charge in [0.1, 0.15) is 0 Å². The summed E-state index contributed by atoms with van der Waals surface area (Å²) in [4.78, 5) is 14.9. The molecule has 180 valence electrons. The molecular formula is C24H31Cl2N3O3S. The summed E-state index contributed by atoms with van der Waals surface area (Å²) in [6.07, 6.45) is 1.00.